The average molecular weight is 481 g/mol. The molecular weight excluding hydrogens is 447 g/mol. The van der Waals surface area contributed by atoms with Crippen LogP contribution in [0.4, 0.5) is 4.39 Å². The van der Waals surface area contributed by atoms with E-state index in [-0.39, 0.29) is 11.7 Å². The molecule has 1 amide bonds. The lowest BCUT2D eigenvalue weighted by atomic mass is 10.2. The molecule has 2 rings (SSSR count). The third kappa shape index (κ3) is 17.0. The quantitative estimate of drug-likeness (QED) is 0.461. The SMILES string of the molecule is C/C=C(\N=C(C)C)C(=O)NC.C=O.C=O.COc1ccc(Cl)c(C)c1.Cc1ccccc1F. The molecule has 0 spiro atoms. The maximum absolute atomic E-state index is 12.3. The van der Waals surface area contributed by atoms with Crippen LogP contribution in [0.5, 0.6) is 5.75 Å². The van der Waals surface area contributed by atoms with Crippen LogP contribution in [0.1, 0.15) is 31.9 Å². The summed E-state index contributed by atoms with van der Waals surface area (Å²) in [7, 11) is 3.23. The van der Waals surface area contributed by atoms with Gasteiger partial charge in [-0.3, -0.25) is 9.79 Å². The van der Waals surface area contributed by atoms with Crippen molar-refractivity contribution in [1.82, 2.24) is 5.32 Å². The molecule has 2 aromatic carbocycles. The maximum atomic E-state index is 12.3. The molecule has 0 saturated heterocycles. The van der Waals surface area contributed by atoms with Crippen LogP contribution in [0.25, 0.3) is 0 Å². The van der Waals surface area contributed by atoms with Gasteiger partial charge in [0.2, 0.25) is 0 Å². The third-order valence-electron chi connectivity index (χ3n) is 3.52. The first kappa shape index (κ1) is 34.3. The number of rotatable bonds is 3. The van der Waals surface area contributed by atoms with Crippen molar-refractivity contribution in [3.63, 3.8) is 0 Å². The summed E-state index contributed by atoms with van der Waals surface area (Å²) in [5.74, 6) is 0.572. The Morgan fingerprint density at radius 3 is 1.94 bits per heavy atom. The minimum absolute atomic E-state index is 0.132. The van der Waals surface area contributed by atoms with Gasteiger partial charge in [-0.05, 0) is 70.0 Å². The molecular formula is C25H34ClFN2O4. The van der Waals surface area contributed by atoms with Crippen LogP contribution in [0.3, 0.4) is 0 Å². The number of methoxy groups -OCH3 is 1. The van der Waals surface area contributed by atoms with Crippen LogP contribution in [0.2, 0.25) is 5.02 Å². The van der Waals surface area contributed by atoms with E-state index in [2.05, 4.69) is 10.3 Å². The summed E-state index contributed by atoms with van der Waals surface area (Å²) in [4.78, 5) is 31.0. The van der Waals surface area contributed by atoms with Gasteiger partial charge in [0.05, 0.1) is 7.11 Å². The van der Waals surface area contributed by atoms with Crippen LogP contribution >= 0.6 is 11.6 Å². The van der Waals surface area contributed by atoms with E-state index < -0.39 is 0 Å². The molecule has 0 aliphatic rings. The Morgan fingerprint density at radius 2 is 1.61 bits per heavy atom. The number of amides is 1. The molecule has 33 heavy (non-hydrogen) atoms. The summed E-state index contributed by atoms with van der Waals surface area (Å²) in [5, 5.41) is 3.29. The Hall–Kier alpha value is -3.32. The summed E-state index contributed by atoms with van der Waals surface area (Å²) >= 11 is 5.78. The van der Waals surface area contributed by atoms with Gasteiger partial charge in [0.25, 0.3) is 5.91 Å². The monoisotopic (exact) mass is 480 g/mol. The minimum Gasteiger partial charge on any atom is -0.497 e. The molecule has 0 aliphatic carbocycles. The Morgan fingerprint density at radius 1 is 1.06 bits per heavy atom. The zero-order chi connectivity index (χ0) is 26.4. The van der Waals surface area contributed by atoms with Crippen molar-refractivity contribution in [2.45, 2.75) is 34.6 Å². The van der Waals surface area contributed by atoms with Crippen LogP contribution in [-0.2, 0) is 14.4 Å². The molecule has 8 heteroatoms. The van der Waals surface area contributed by atoms with Crippen molar-refractivity contribution in [1.29, 1.82) is 0 Å². The molecule has 0 saturated carbocycles. The predicted molar refractivity (Wildman–Crippen MR) is 135 cm³/mol. The molecule has 0 radical (unpaired) electrons. The average Bonchev–Trinajstić information content (AvgIpc) is 2.84. The number of hydrogen-bond acceptors (Lipinski definition) is 5. The molecule has 0 aliphatic heterocycles. The molecule has 1 N–H and O–H groups in total. The number of benzene rings is 2. The first-order chi connectivity index (χ1) is 15.7. The Balaban J connectivity index is -0.000000382. The molecule has 6 nitrogen and oxygen atoms in total. The lowest BCUT2D eigenvalue weighted by Crippen LogP contribution is -2.19. The van der Waals surface area contributed by atoms with E-state index in [9.17, 15) is 9.18 Å². The van der Waals surface area contributed by atoms with Gasteiger partial charge in [-0.2, -0.15) is 0 Å². The zero-order valence-electron chi connectivity index (χ0n) is 20.4. The third-order valence-corrected chi connectivity index (χ3v) is 3.94. The molecule has 0 aromatic heterocycles. The molecule has 0 fully saturated rings. The number of hydrogen-bond donors (Lipinski definition) is 1. The van der Waals surface area contributed by atoms with E-state index in [0.717, 1.165) is 22.0 Å². The number of nitrogens with one attached hydrogen (secondary N) is 1. The van der Waals surface area contributed by atoms with Crippen LogP contribution in [0, 0.1) is 19.7 Å². The van der Waals surface area contributed by atoms with E-state index in [0.29, 0.717) is 11.3 Å². The fourth-order valence-corrected chi connectivity index (χ4v) is 2.03. The molecule has 0 unspecified atom stereocenters. The Kier molecular flexibility index (Phi) is 22.8. The number of aliphatic imine (C=N–C) groups is 1. The van der Waals surface area contributed by atoms with Gasteiger partial charge in [-0.25, -0.2) is 4.39 Å². The summed E-state index contributed by atoms with van der Waals surface area (Å²) < 4.78 is 17.3. The minimum atomic E-state index is -0.145. The molecule has 0 atom stereocenters. The van der Waals surface area contributed by atoms with Crippen molar-refractivity contribution in [3.05, 3.63) is 76.2 Å². The number of carbonyl (C=O) groups is 3. The highest BCUT2D eigenvalue weighted by Gasteiger charge is 2.02. The van der Waals surface area contributed by atoms with Gasteiger partial charge in [0.1, 0.15) is 30.8 Å². The normalized spacial score (nSPS) is 8.94. The summed E-state index contributed by atoms with van der Waals surface area (Å²) in [6.45, 7) is 13.2. The molecule has 182 valence electrons. The van der Waals surface area contributed by atoms with Crippen LogP contribution in [-0.4, -0.2) is 39.4 Å². The van der Waals surface area contributed by atoms with Crippen LogP contribution < -0.4 is 10.1 Å². The first-order valence-corrected chi connectivity index (χ1v) is 10.0. The summed E-state index contributed by atoms with van der Waals surface area (Å²) in [6.07, 6.45) is 1.69. The van der Waals surface area contributed by atoms with E-state index >= 15 is 0 Å². The maximum Gasteiger partial charge on any atom is 0.269 e. The Bertz CT molecular complexity index is 859. The number of likely N-dealkylation sites (N-methyl/N-ethyl adjacent to an activating group) is 1. The van der Waals surface area contributed by atoms with Gasteiger partial charge in [-0.15, -0.1) is 0 Å². The van der Waals surface area contributed by atoms with E-state index in [1.807, 2.05) is 58.6 Å². The van der Waals surface area contributed by atoms with Crippen molar-refractivity contribution in [3.8, 4) is 5.75 Å². The van der Waals surface area contributed by atoms with E-state index in [4.69, 9.17) is 25.9 Å². The van der Waals surface area contributed by atoms with Crippen molar-refractivity contribution >= 4 is 36.8 Å². The number of allylic oxidation sites excluding steroid dienone is 1. The zero-order valence-corrected chi connectivity index (χ0v) is 21.1. The number of nitrogens with zero attached hydrogens (tertiary/aromatic N) is 1. The molecule has 2 aromatic rings. The topological polar surface area (TPSA) is 84.8 Å². The standard InChI is InChI=1S/C8H9ClO.C8H14N2O.C7H7F.2CH2O/c1-6-5-7(10-2)3-4-8(6)9;1-5-7(8(11)9-4)10-6(2)3;1-6-4-2-3-5-7(6)8;2*1-2/h3-5H,1-2H3;5H,1-4H3,(H,9,11);2-5H,1H3;2*1H2/b;7-5-;;;. The number of ether oxygens (including phenoxy) is 1. The van der Waals surface area contributed by atoms with Crippen molar-refractivity contribution < 1.29 is 23.5 Å². The number of halogens is 2. The lowest BCUT2D eigenvalue weighted by Gasteiger charge is -2.00. The highest BCUT2D eigenvalue weighted by Crippen LogP contribution is 2.20. The second-order valence-corrected chi connectivity index (χ2v) is 6.58. The van der Waals surface area contributed by atoms with Crippen molar-refractivity contribution in [2.75, 3.05) is 14.2 Å². The van der Waals surface area contributed by atoms with Crippen LogP contribution in [0.15, 0.2) is 59.2 Å². The molecule has 0 bridgehead atoms. The second kappa shape index (κ2) is 21.9. The highest BCUT2D eigenvalue weighted by molar-refractivity contribution is 6.31. The van der Waals surface area contributed by atoms with E-state index in [1.54, 1.807) is 46.2 Å². The first-order valence-electron chi connectivity index (χ1n) is 9.65. The van der Waals surface area contributed by atoms with Gasteiger partial charge in [-0.1, -0.05) is 35.9 Å². The highest BCUT2D eigenvalue weighted by atomic mass is 35.5. The smallest absolute Gasteiger partial charge is 0.269 e. The van der Waals surface area contributed by atoms with Gasteiger partial charge >= 0.3 is 0 Å². The fraction of sp³-hybridized carbons (Fsp3) is 0.280. The Labute approximate surface area is 201 Å². The number of aryl methyl sites for hydroxylation is 2. The number of carbonyl (C=O) groups excluding carboxylic acids is 3. The fourth-order valence-electron chi connectivity index (χ4n) is 1.91. The van der Waals surface area contributed by atoms with Crippen molar-refractivity contribution in [2.24, 2.45) is 4.99 Å². The summed E-state index contributed by atoms with van der Waals surface area (Å²) in [5.41, 5.74) is 3.09. The summed E-state index contributed by atoms with van der Waals surface area (Å²) in [6, 6.07) is 12.3. The predicted octanol–water partition coefficient (Wildman–Crippen LogP) is 5.54. The van der Waals surface area contributed by atoms with Gasteiger partial charge < -0.3 is 19.6 Å². The largest absolute Gasteiger partial charge is 0.497 e. The van der Waals surface area contributed by atoms with E-state index in [1.165, 1.54) is 6.07 Å². The molecule has 0 heterocycles. The lowest BCUT2D eigenvalue weighted by molar-refractivity contribution is -0.117. The second-order valence-electron chi connectivity index (χ2n) is 6.18. The van der Waals surface area contributed by atoms with Gasteiger partial charge in [0, 0.05) is 17.8 Å². The van der Waals surface area contributed by atoms with Gasteiger partial charge in [0.15, 0.2) is 0 Å².